The molecule has 0 radical (unpaired) electrons. The van der Waals surface area contributed by atoms with Crippen LogP contribution in [0.25, 0.3) is 0 Å². The molecule has 0 aliphatic heterocycles. The first-order valence-electron chi connectivity index (χ1n) is 4.94. The Morgan fingerprint density at radius 2 is 1.05 bits per heavy atom. The number of aliphatic hydroxyl groups is 1. The molecule has 12 heteroatoms. The molecule has 0 aromatic heterocycles. The number of aliphatic carboxylic acids is 5. The van der Waals surface area contributed by atoms with Crippen molar-refractivity contribution >= 4 is 67.6 Å². The summed E-state index contributed by atoms with van der Waals surface area (Å²) in [6, 6.07) is 0. The van der Waals surface area contributed by atoms with Gasteiger partial charge in [0.05, 0.1) is 12.8 Å². The van der Waals surface area contributed by atoms with Crippen LogP contribution < -0.4 is 0 Å². The second-order valence-corrected chi connectivity index (χ2v) is 3.49. The summed E-state index contributed by atoms with van der Waals surface area (Å²) >= 11 is 0. The van der Waals surface area contributed by atoms with Gasteiger partial charge in [0, 0.05) is 12.2 Å². The molecule has 0 aliphatic rings. The van der Waals surface area contributed by atoms with Gasteiger partial charge in [-0.25, -0.2) is 14.4 Å². The van der Waals surface area contributed by atoms with Crippen LogP contribution in [0.4, 0.5) is 0 Å². The van der Waals surface area contributed by atoms with Crippen LogP contribution in [0.2, 0.25) is 0 Å². The minimum absolute atomic E-state index is 0. The van der Waals surface area contributed by atoms with Crippen LogP contribution in [-0.2, 0) is 24.0 Å². The molecule has 11 nitrogen and oxygen atoms in total. The summed E-state index contributed by atoms with van der Waals surface area (Å²) in [5, 5.41) is 49.4. The second kappa shape index (κ2) is 11.9. The third kappa shape index (κ3) is 14.7. The number of hydrogen-bond acceptors (Lipinski definition) is 6. The molecule has 0 aromatic rings. The van der Waals surface area contributed by atoms with Gasteiger partial charge in [0.2, 0.25) is 0 Å². The van der Waals surface area contributed by atoms with E-state index in [4.69, 9.17) is 30.6 Å². The van der Waals surface area contributed by atoms with E-state index in [1.165, 1.54) is 0 Å². The van der Waals surface area contributed by atoms with Crippen LogP contribution >= 0.6 is 0 Å². The predicted molar refractivity (Wildman–Crippen MR) is 69.5 cm³/mol. The largest absolute Gasteiger partial charge is 2.00 e. The van der Waals surface area contributed by atoms with Crippen molar-refractivity contribution in [3.63, 3.8) is 0 Å². The molecule has 0 amide bonds. The van der Waals surface area contributed by atoms with Gasteiger partial charge in [-0.05, 0) is 0 Å². The van der Waals surface area contributed by atoms with Gasteiger partial charge < -0.3 is 33.5 Å². The molecule has 122 valence electrons. The third-order valence-corrected chi connectivity index (χ3v) is 1.65. The average molecular weight is 350 g/mol. The van der Waals surface area contributed by atoms with Gasteiger partial charge in [0.25, 0.3) is 0 Å². The van der Waals surface area contributed by atoms with Crippen LogP contribution in [0.15, 0.2) is 12.2 Å². The van der Waals surface area contributed by atoms with Crippen LogP contribution in [0.3, 0.4) is 0 Å². The zero-order valence-electron chi connectivity index (χ0n) is 13.0. The van der Waals surface area contributed by atoms with Gasteiger partial charge in [-0.3, -0.25) is 9.59 Å². The molecule has 0 bridgehead atoms. The average Bonchev–Trinajstić information content (AvgIpc) is 2.24. The molecule has 0 heterocycles. The minimum Gasteiger partial charge on any atom is -1.00 e. The Balaban J connectivity index is -0.0000000968. The smallest absolute Gasteiger partial charge is 1.00 e. The van der Waals surface area contributed by atoms with Crippen LogP contribution in [0.5, 0.6) is 0 Å². The maximum absolute atomic E-state index is 10.3. The van der Waals surface area contributed by atoms with E-state index in [0.717, 1.165) is 0 Å². The van der Waals surface area contributed by atoms with Crippen molar-refractivity contribution in [2.45, 2.75) is 18.4 Å². The summed E-state index contributed by atoms with van der Waals surface area (Å²) < 4.78 is 0. The van der Waals surface area contributed by atoms with Gasteiger partial charge >= 0.3 is 67.6 Å². The fraction of sp³-hybridized carbons (Fsp3) is 0.300. The van der Waals surface area contributed by atoms with Gasteiger partial charge in [-0.15, -0.1) is 0 Å². The Hall–Kier alpha value is -1.69. The third-order valence-electron chi connectivity index (χ3n) is 1.65. The number of carboxylic acids is 5. The van der Waals surface area contributed by atoms with Crippen LogP contribution in [-0.4, -0.2) is 104 Å². The minimum atomic E-state index is -2.74. The van der Waals surface area contributed by atoms with Crippen molar-refractivity contribution in [2.24, 2.45) is 0 Å². The summed E-state index contributed by atoms with van der Waals surface area (Å²) in [4.78, 5) is 49.6. The van der Waals surface area contributed by atoms with Crippen molar-refractivity contribution in [3.05, 3.63) is 12.2 Å². The molecule has 0 unspecified atom stereocenters. The van der Waals surface area contributed by atoms with Gasteiger partial charge in [0.1, 0.15) is 0 Å². The quantitative estimate of drug-likeness (QED) is 0.225. The summed E-state index contributed by atoms with van der Waals surface area (Å²) in [5.41, 5.74) is -2.74. The van der Waals surface area contributed by atoms with Crippen molar-refractivity contribution in [1.82, 2.24) is 0 Å². The van der Waals surface area contributed by atoms with Gasteiger partial charge in [0.15, 0.2) is 5.60 Å². The molecular weight excluding hydrogens is 336 g/mol. The van der Waals surface area contributed by atoms with Crippen molar-refractivity contribution in [1.29, 1.82) is 0 Å². The van der Waals surface area contributed by atoms with E-state index < -0.39 is 48.3 Å². The number of carbonyl (C=O) groups is 5. The maximum Gasteiger partial charge on any atom is 2.00 e. The SMILES string of the molecule is O=C(O)/C=C\C(=O)O.O=C(O)CC(O)(CC(=O)O)C(=O)O.[Ca+2].[H-].[H-]. The topological polar surface area (TPSA) is 207 Å². The fourth-order valence-electron chi connectivity index (χ4n) is 0.857. The molecule has 0 rings (SSSR count). The number of carboxylic acid groups (broad SMARTS) is 5. The van der Waals surface area contributed by atoms with Crippen molar-refractivity contribution < 1.29 is 57.5 Å². The molecule has 0 saturated carbocycles. The predicted octanol–water partition coefficient (Wildman–Crippen LogP) is -1.69. The summed E-state index contributed by atoms with van der Waals surface area (Å²) in [5.74, 6) is -7.53. The second-order valence-electron chi connectivity index (χ2n) is 3.49. The number of hydrogen-bond donors (Lipinski definition) is 6. The standard InChI is InChI=1S/C6H8O7.C4H4O4.Ca.2H/c7-3(8)1-6(13,5(11)12)2-4(9)10;5-3(6)1-2-4(7)8;;;/h13H,1-2H2,(H,7,8)(H,9,10)(H,11,12);1-2H,(H,5,6)(H,7,8);;;/q;;+2;2*-1/b;2-1-;;;. The number of rotatable bonds is 7. The Labute approximate surface area is 155 Å². The first-order valence-corrected chi connectivity index (χ1v) is 4.94. The summed E-state index contributed by atoms with van der Waals surface area (Å²) in [6.07, 6.45) is -1.17. The molecule has 0 saturated heterocycles. The Morgan fingerprint density at radius 3 is 1.18 bits per heavy atom. The molecule has 0 fully saturated rings. The van der Waals surface area contributed by atoms with Gasteiger partial charge in [-0.1, -0.05) is 0 Å². The Morgan fingerprint density at radius 1 is 0.773 bits per heavy atom. The fourth-order valence-corrected chi connectivity index (χ4v) is 0.857. The molecule has 22 heavy (non-hydrogen) atoms. The van der Waals surface area contributed by atoms with E-state index in [0.29, 0.717) is 12.2 Å². The van der Waals surface area contributed by atoms with E-state index in [1.54, 1.807) is 0 Å². The first-order chi connectivity index (χ1) is 9.40. The normalized spacial score (nSPS) is 9.86. The molecule has 0 atom stereocenters. The molecule has 0 aromatic carbocycles. The van der Waals surface area contributed by atoms with Gasteiger partial charge in [-0.2, -0.15) is 0 Å². The summed E-state index contributed by atoms with van der Waals surface area (Å²) in [6.45, 7) is 0. The van der Waals surface area contributed by atoms with Crippen molar-refractivity contribution in [2.75, 3.05) is 0 Å². The molecule has 6 N–H and O–H groups in total. The zero-order valence-corrected chi connectivity index (χ0v) is 13.2. The summed E-state index contributed by atoms with van der Waals surface area (Å²) in [7, 11) is 0. The molecule has 0 spiro atoms. The monoisotopic (exact) mass is 350 g/mol. The van der Waals surface area contributed by atoms with E-state index in [1.807, 2.05) is 0 Å². The first kappa shape index (κ1) is 25.3. The zero-order chi connectivity index (χ0) is 17.2. The Bertz CT molecular complexity index is 445. The molecule has 0 aliphatic carbocycles. The van der Waals surface area contributed by atoms with E-state index in [2.05, 4.69) is 0 Å². The van der Waals surface area contributed by atoms with E-state index in [-0.39, 0.29) is 40.6 Å². The van der Waals surface area contributed by atoms with Crippen molar-refractivity contribution in [3.8, 4) is 0 Å². The van der Waals surface area contributed by atoms with E-state index >= 15 is 0 Å². The van der Waals surface area contributed by atoms with Crippen LogP contribution in [0, 0.1) is 0 Å². The van der Waals surface area contributed by atoms with E-state index in [9.17, 15) is 24.0 Å². The molecular formula is C10H14CaO11. The maximum atomic E-state index is 10.3. The van der Waals surface area contributed by atoms with Crippen LogP contribution in [0.1, 0.15) is 15.7 Å². The Kier molecular flexibility index (Phi) is 13.7.